The summed E-state index contributed by atoms with van der Waals surface area (Å²) in [6.07, 6.45) is 1.14. The Labute approximate surface area is 68.5 Å². The summed E-state index contributed by atoms with van der Waals surface area (Å²) in [4.78, 5) is 4.33. The highest BCUT2D eigenvalue weighted by Gasteiger charge is 2.00. The number of nitrogens with zero attached hydrogens (tertiary/aromatic N) is 1. The molecule has 0 aliphatic carbocycles. The van der Waals surface area contributed by atoms with Crippen LogP contribution in [-0.4, -0.2) is 13.3 Å². The topological polar surface area (TPSA) is 21.6 Å². The van der Waals surface area contributed by atoms with E-state index in [4.69, 9.17) is 0 Å². The summed E-state index contributed by atoms with van der Waals surface area (Å²) in [6.45, 7) is 0. The van der Waals surface area contributed by atoms with Crippen molar-refractivity contribution >= 4 is 6.21 Å². The van der Waals surface area contributed by atoms with Gasteiger partial charge >= 0.3 is 0 Å². The Kier molecular flexibility index (Phi) is 2.74. The fourth-order valence-corrected chi connectivity index (χ4v) is 0.660. The van der Waals surface area contributed by atoms with Crippen LogP contribution >= 0.6 is 0 Å². The second kappa shape index (κ2) is 3.80. The first kappa shape index (κ1) is 8.64. The van der Waals surface area contributed by atoms with Crippen molar-refractivity contribution in [2.24, 2.45) is 5.16 Å². The van der Waals surface area contributed by atoms with E-state index in [2.05, 4.69) is 16.1 Å². The molecule has 1 aromatic rings. The van der Waals surface area contributed by atoms with Crippen LogP contribution in [0.3, 0.4) is 0 Å². The smallest absolute Gasteiger partial charge is 0.135 e. The lowest BCUT2D eigenvalue weighted by atomic mass is 10.2. The van der Waals surface area contributed by atoms with Crippen LogP contribution in [0.15, 0.2) is 17.3 Å². The van der Waals surface area contributed by atoms with Crippen molar-refractivity contribution in [1.29, 1.82) is 0 Å². The van der Waals surface area contributed by atoms with Crippen LogP contribution in [0, 0.1) is 17.7 Å². The Morgan fingerprint density at radius 1 is 1.58 bits per heavy atom. The molecule has 0 heterocycles. The molecule has 0 aliphatic heterocycles. The van der Waals surface area contributed by atoms with E-state index in [1.807, 2.05) is 0 Å². The predicted molar refractivity (Wildman–Crippen MR) is 39.8 cm³/mol. The van der Waals surface area contributed by atoms with Crippen molar-refractivity contribution in [2.75, 3.05) is 7.11 Å². The summed E-state index contributed by atoms with van der Waals surface area (Å²) >= 11 is 0. The maximum atomic E-state index is 12.8. The third-order valence-electron chi connectivity index (χ3n) is 1.19. The van der Waals surface area contributed by atoms with Gasteiger partial charge in [-0.3, -0.25) is 0 Å². The van der Waals surface area contributed by atoms with E-state index >= 15 is 0 Å². The van der Waals surface area contributed by atoms with Gasteiger partial charge in [0.2, 0.25) is 0 Å². The van der Waals surface area contributed by atoms with Crippen molar-refractivity contribution in [1.82, 2.24) is 0 Å². The van der Waals surface area contributed by atoms with Gasteiger partial charge in [-0.25, -0.2) is 8.78 Å². The molecule has 0 aliphatic rings. The molecule has 0 unspecified atom stereocenters. The maximum absolute atomic E-state index is 12.8. The second-order valence-electron chi connectivity index (χ2n) is 2.00. The van der Waals surface area contributed by atoms with Crippen LogP contribution < -0.4 is 0 Å². The minimum absolute atomic E-state index is 0.137. The Hall–Kier alpha value is -1.45. The minimum Gasteiger partial charge on any atom is -0.399 e. The Bertz CT molecular complexity index is 299. The molecule has 0 atom stereocenters. The number of rotatable bonds is 2. The first-order valence-electron chi connectivity index (χ1n) is 3.17. The fraction of sp³-hybridized carbons (Fsp3) is 0.125. The Balaban J connectivity index is 2.94. The first-order valence-corrected chi connectivity index (χ1v) is 3.17. The Morgan fingerprint density at radius 3 is 2.92 bits per heavy atom. The summed E-state index contributed by atoms with van der Waals surface area (Å²) in [5.74, 6) is -1.42. The van der Waals surface area contributed by atoms with Crippen molar-refractivity contribution < 1.29 is 13.6 Å². The number of oxime groups is 1. The van der Waals surface area contributed by atoms with Crippen LogP contribution in [0.5, 0.6) is 0 Å². The summed E-state index contributed by atoms with van der Waals surface area (Å²) in [7, 11) is 1.33. The van der Waals surface area contributed by atoms with E-state index in [0.717, 1.165) is 18.3 Å². The number of halogens is 2. The zero-order chi connectivity index (χ0) is 8.97. The lowest BCUT2D eigenvalue weighted by molar-refractivity contribution is 0.215. The van der Waals surface area contributed by atoms with Crippen molar-refractivity contribution in [3.05, 3.63) is 35.4 Å². The molecular formula is C8H6F2NO. The van der Waals surface area contributed by atoms with Gasteiger partial charge < -0.3 is 4.84 Å². The highest BCUT2D eigenvalue weighted by atomic mass is 19.1. The van der Waals surface area contributed by atoms with Gasteiger partial charge in [0.1, 0.15) is 18.7 Å². The second-order valence-corrected chi connectivity index (χ2v) is 2.00. The molecule has 0 amide bonds. The average molecular weight is 170 g/mol. The van der Waals surface area contributed by atoms with Gasteiger partial charge in [-0.1, -0.05) is 5.16 Å². The molecule has 1 aromatic carbocycles. The molecular weight excluding hydrogens is 164 g/mol. The summed E-state index contributed by atoms with van der Waals surface area (Å²) < 4.78 is 25.1. The normalized spacial score (nSPS) is 10.6. The Morgan fingerprint density at radius 2 is 2.33 bits per heavy atom. The van der Waals surface area contributed by atoms with Crippen molar-refractivity contribution in [3.63, 3.8) is 0 Å². The van der Waals surface area contributed by atoms with E-state index in [-0.39, 0.29) is 5.56 Å². The highest BCUT2D eigenvalue weighted by molar-refractivity contribution is 5.79. The predicted octanol–water partition coefficient (Wildman–Crippen LogP) is 1.75. The molecule has 0 fully saturated rings. The average Bonchev–Trinajstić information content (AvgIpc) is 2.03. The van der Waals surface area contributed by atoms with Crippen LogP contribution in [0.25, 0.3) is 0 Å². The van der Waals surface area contributed by atoms with Crippen molar-refractivity contribution in [3.8, 4) is 0 Å². The zero-order valence-corrected chi connectivity index (χ0v) is 6.34. The largest absolute Gasteiger partial charge is 0.399 e. The van der Waals surface area contributed by atoms with Gasteiger partial charge in [-0.15, -0.1) is 0 Å². The first-order chi connectivity index (χ1) is 5.74. The number of benzene rings is 1. The van der Waals surface area contributed by atoms with E-state index in [0.29, 0.717) is 0 Å². The quantitative estimate of drug-likeness (QED) is 0.489. The molecule has 1 rings (SSSR count). The van der Waals surface area contributed by atoms with Crippen LogP contribution in [0.2, 0.25) is 0 Å². The lowest BCUT2D eigenvalue weighted by Crippen LogP contribution is -1.89. The van der Waals surface area contributed by atoms with Crippen LogP contribution in [0.4, 0.5) is 8.78 Å². The summed E-state index contributed by atoms with van der Waals surface area (Å²) in [5, 5.41) is 3.33. The van der Waals surface area contributed by atoms with Gasteiger partial charge in [0.05, 0.1) is 6.21 Å². The third-order valence-corrected chi connectivity index (χ3v) is 1.19. The SMILES string of the molecule is CO/N=C/c1c[c]c(F)cc1F. The third kappa shape index (κ3) is 2.02. The molecule has 0 saturated heterocycles. The van der Waals surface area contributed by atoms with Gasteiger partial charge in [-0.2, -0.15) is 0 Å². The highest BCUT2D eigenvalue weighted by Crippen LogP contribution is 2.06. The monoisotopic (exact) mass is 170 g/mol. The summed E-state index contributed by atoms with van der Waals surface area (Å²) in [6, 6.07) is 4.09. The van der Waals surface area contributed by atoms with Gasteiger partial charge in [-0.05, 0) is 6.07 Å². The van der Waals surface area contributed by atoms with Gasteiger partial charge in [0.15, 0.2) is 0 Å². The molecule has 12 heavy (non-hydrogen) atoms. The van der Waals surface area contributed by atoms with E-state index in [9.17, 15) is 8.78 Å². The van der Waals surface area contributed by atoms with Gasteiger partial charge in [0.25, 0.3) is 0 Å². The standard InChI is InChI=1S/C8H6F2NO/c1-12-11-5-6-2-3-7(9)4-8(6)10/h2,4-5H,1H3/b11-5+. The molecule has 0 spiro atoms. The molecule has 1 radical (unpaired) electrons. The molecule has 0 saturated carbocycles. The maximum Gasteiger partial charge on any atom is 0.135 e. The lowest BCUT2D eigenvalue weighted by Gasteiger charge is -1.94. The van der Waals surface area contributed by atoms with Crippen LogP contribution in [0.1, 0.15) is 5.56 Å². The fourth-order valence-electron chi connectivity index (χ4n) is 0.660. The van der Waals surface area contributed by atoms with Crippen molar-refractivity contribution in [2.45, 2.75) is 0 Å². The summed E-state index contributed by atoms with van der Waals surface area (Å²) in [5.41, 5.74) is 0.137. The van der Waals surface area contributed by atoms with Gasteiger partial charge in [0, 0.05) is 17.7 Å². The number of hydrogen-bond acceptors (Lipinski definition) is 2. The molecule has 0 bridgehead atoms. The van der Waals surface area contributed by atoms with Crippen LogP contribution in [-0.2, 0) is 4.84 Å². The molecule has 4 heteroatoms. The number of hydrogen-bond donors (Lipinski definition) is 0. The zero-order valence-electron chi connectivity index (χ0n) is 6.34. The molecule has 0 N–H and O–H groups in total. The van der Waals surface area contributed by atoms with E-state index in [1.54, 1.807) is 0 Å². The van der Waals surface area contributed by atoms with E-state index < -0.39 is 11.6 Å². The van der Waals surface area contributed by atoms with E-state index in [1.165, 1.54) is 7.11 Å². The molecule has 0 aromatic heterocycles. The molecule has 2 nitrogen and oxygen atoms in total. The minimum atomic E-state index is -0.734. The molecule has 63 valence electrons.